The summed E-state index contributed by atoms with van der Waals surface area (Å²) in [5.41, 5.74) is 4.11. The maximum absolute atomic E-state index is 13.1. The van der Waals surface area contributed by atoms with Gasteiger partial charge >= 0.3 is 0 Å². The molecule has 2 aromatic carbocycles. The highest BCUT2D eigenvalue weighted by atomic mass is 16.2. The summed E-state index contributed by atoms with van der Waals surface area (Å²) in [6.07, 6.45) is 0. The van der Waals surface area contributed by atoms with Crippen LogP contribution in [0.4, 0.5) is 0 Å². The van der Waals surface area contributed by atoms with Crippen LogP contribution in [0.1, 0.15) is 32.0 Å². The van der Waals surface area contributed by atoms with Crippen molar-refractivity contribution in [2.45, 2.75) is 13.8 Å². The van der Waals surface area contributed by atoms with E-state index in [4.69, 9.17) is 0 Å². The zero-order valence-corrected chi connectivity index (χ0v) is 16.2. The van der Waals surface area contributed by atoms with E-state index in [1.807, 2.05) is 72.2 Å². The maximum atomic E-state index is 13.1. The topological polar surface area (TPSA) is 53.5 Å². The van der Waals surface area contributed by atoms with Gasteiger partial charge in [-0.2, -0.15) is 0 Å². The number of aryl methyl sites for hydroxylation is 2. The number of aromatic nitrogens is 1. The number of amides is 2. The van der Waals surface area contributed by atoms with Gasteiger partial charge in [0.2, 0.25) is 0 Å². The van der Waals surface area contributed by atoms with Crippen molar-refractivity contribution in [3.63, 3.8) is 0 Å². The molecule has 0 radical (unpaired) electrons. The van der Waals surface area contributed by atoms with Crippen LogP contribution >= 0.6 is 0 Å². The fourth-order valence-corrected chi connectivity index (χ4v) is 3.65. The Bertz CT molecular complexity index is 1040. The highest BCUT2D eigenvalue weighted by Gasteiger charge is 2.26. The molecule has 1 aromatic heterocycles. The summed E-state index contributed by atoms with van der Waals surface area (Å²) < 4.78 is 0. The van der Waals surface area contributed by atoms with Crippen molar-refractivity contribution in [2.75, 3.05) is 26.2 Å². The molecule has 2 amide bonds. The van der Waals surface area contributed by atoms with Crippen LogP contribution < -0.4 is 0 Å². The van der Waals surface area contributed by atoms with E-state index in [1.165, 1.54) is 0 Å². The van der Waals surface area contributed by atoms with E-state index in [0.717, 1.165) is 22.2 Å². The lowest BCUT2D eigenvalue weighted by molar-refractivity contribution is 0.0535. The van der Waals surface area contributed by atoms with Crippen molar-refractivity contribution in [2.24, 2.45) is 0 Å². The first-order valence-electron chi connectivity index (χ1n) is 9.54. The normalized spacial score (nSPS) is 14.4. The lowest BCUT2D eigenvalue weighted by Crippen LogP contribution is -2.50. The maximum Gasteiger partial charge on any atom is 0.255 e. The average molecular weight is 373 g/mol. The molecular weight excluding hydrogens is 350 g/mol. The Hall–Kier alpha value is -3.21. The van der Waals surface area contributed by atoms with Crippen molar-refractivity contribution in [3.05, 3.63) is 77.0 Å². The number of benzene rings is 2. The molecule has 0 aliphatic carbocycles. The molecule has 142 valence electrons. The molecule has 5 heteroatoms. The number of rotatable bonds is 2. The minimum Gasteiger partial charge on any atom is -0.335 e. The monoisotopic (exact) mass is 373 g/mol. The van der Waals surface area contributed by atoms with Crippen LogP contribution in [-0.4, -0.2) is 52.8 Å². The highest BCUT2D eigenvalue weighted by Crippen LogP contribution is 2.20. The van der Waals surface area contributed by atoms with E-state index in [-0.39, 0.29) is 11.8 Å². The third-order valence-corrected chi connectivity index (χ3v) is 5.27. The van der Waals surface area contributed by atoms with Crippen LogP contribution in [-0.2, 0) is 0 Å². The Balaban J connectivity index is 1.49. The Morgan fingerprint density at radius 1 is 0.821 bits per heavy atom. The summed E-state index contributed by atoms with van der Waals surface area (Å²) in [4.78, 5) is 33.9. The number of nitrogens with zero attached hydrogens (tertiary/aromatic N) is 3. The Labute approximate surface area is 164 Å². The van der Waals surface area contributed by atoms with Crippen molar-refractivity contribution < 1.29 is 9.59 Å². The summed E-state index contributed by atoms with van der Waals surface area (Å²) in [5, 5.41) is 0.979. The molecule has 28 heavy (non-hydrogen) atoms. The van der Waals surface area contributed by atoms with Crippen LogP contribution in [0.5, 0.6) is 0 Å². The SMILES string of the molecule is Cc1ccc2nc(C)c(C(=O)N3CCN(C(=O)c4ccccc4)CC3)cc2c1. The van der Waals surface area contributed by atoms with Crippen molar-refractivity contribution in [1.82, 2.24) is 14.8 Å². The second-order valence-electron chi connectivity index (χ2n) is 7.27. The molecule has 0 bridgehead atoms. The van der Waals surface area contributed by atoms with Gasteiger partial charge in [0.1, 0.15) is 0 Å². The summed E-state index contributed by atoms with van der Waals surface area (Å²) in [7, 11) is 0. The third kappa shape index (κ3) is 3.48. The largest absolute Gasteiger partial charge is 0.335 e. The minimum absolute atomic E-state index is 0.0137. The standard InChI is InChI=1S/C23H23N3O2/c1-16-8-9-21-19(14-16)15-20(17(2)24-21)23(28)26-12-10-25(11-13-26)22(27)18-6-4-3-5-7-18/h3-9,14-15H,10-13H2,1-2H3. The van der Waals surface area contributed by atoms with E-state index >= 15 is 0 Å². The zero-order chi connectivity index (χ0) is 19.7. The van der Waals surface area contributed by atoms with Crippen LogP contribution in [0.3, 0.4) is 0 Å². The van der Waals surface area contributed by atoms with Crippen LogP contribution in [0.2, 0.25) is 0 Å². The molecule has 4 rings (SSSR count). The smallest absolute Gasteiger partial charge is 0.255 e. The molecule has 1 saturated heterocycles. The first-order valence-corrected chi connectivity index (χ1v) is 9.54. The van der Waals surface area contributed by atoms with Gasteiger partial charge in [-0.05, 0) is 44.2 Å². The van der Waals surface area contributed by atoms with E-state index in [1.54, 1.807) is 0 Å². The van der Waals surface area contributed by atoms with Crippen LogP contribution in [0.25, 0.3) is 10.9 Å². The molecule has 0 saturated carbocycles. The number of carbonyl (C=O) groups excluding carboxylic acids is 2. The number of hydrogen-bond donors (Lipinski definition) is 0. The molecule has 2 heterocycles. The zero-order valence-electron chi connectivity index (χ0n) is 16.2. The van der Waals surface area contributed by atoms with Crippen molar-refractivity contribution in [3.8, 4) is 0 Å². The molecule has 0 atom stereocenters. The molecule has 3 aromatic rings. The average Bonchev–Trinajstić information content (AvgIpc) is 2.73. The predicted octanol–water partition coefficient (Wildman–Crippen LogP) is 3.45. The summed E-state index contributed by atoms with van der Waals surface area (Å²) in [5.74, 6) is 0.00643. The van der Waals surface area contributed by atoms with Crippen LogP contribution in [0, 0.1) is 13.8 Å². The number of carbonyl (C=O) groups is 2. The van der Waals surface area contributed by atoms with E-state index in [9.17, 15) is 9.59 Å². The van der Waals surface area contributed by atoms with Gasteiger partial charge in [0.15, 0.2) is 0 Å². The third-order valence-electron chi connectivity index (χ3n) is 5.27. The van der Waals surface area contributed by atoms with E-state index in [0.29, 0.717) is 37.3 Å². The first-order chi connectivity index (χ1) is 13.5. The molecule has 1 fully saturated rings. The van der Waals surface area contributed by atoms with E-state index < -0.39 is 0 Å². The molecule has 1 aliphatic rings. The molecule has 1 aliphatic heterocycles. The van der Waals surface area contributed by atoms with Crippen LogP contribution in [0.15, 0.2) is 54.6 Å². The number of hydrogen-bond acceptors (Lipinski definition) is 3. The minimum atomic E-state index is -0.0137. The lowest BCUT2D eigenvalue weighted by Gasteiger charge is -2.35. The second kappa shape index (κ2) is 7.43. The van der Waals surface area contributed by atoms with Gasteiger partial charge in [-0.15, -0.1) is 0 Å². The molecule has 0 unspecified atom stereocenters. The summed E-state index contributed by atoms with van der Waals surface area (Å²) in [6.45, 7) is 6.05. The molecule has 0 spiro atoms. The fraction of sp³-hybridized carbons (Fsp3) is 0.261. The van der Waals surface area contributed by atoms with Crippen molar-refractivity contribution >= 4 is 22.7 Å². The summed E-state index contributed by atoms with van der Waals surface area (Å²) in [6, 6.07) is 17.3. The first kappa shape index (κ1) is 18.2. The predicted molar refractivity (Wildman–Crippen MR) is 109 cm³/mol. The Kier molecular flexibility index (Phi) is 4.82. The number of pyridine rings is 1. The van der Waals surface area contributed by atoms with E-state index in [2.05, 4.69) is 11.1 Å². The van der Waals surface area contributed by atoms with Gasteiger partial charge in [0.25, 0.3) is 11.8 Å². The fourth-order valence-electron chi connectivity index (χ4n) is 3.65. The highest BCUT2D eigenvalue weighted by molar-refractivity contribution is 5.99. The Morgan fingerprint density at radius 3 is 2.14 bits per heavy atom. The van der Waals surface area contributed by atoms with Gasteiger partial charge in [-0.3, -0.25) is 14.6 Å². The molecular formula is C23H23N3O2. The second-order valence-corrected chi connectivity index (χ2v) is 7.27. The lowest BCUT2D eigenvalue weighted by atomic mass is 10.1. The molecule has 0 N–H and O–H groups in total. The summed E-state index contributed by atoms with van der Waals surface area (Å²) >= 11 is 0. The quantitative estimate of drug-likeness (QED) is 0.691. The van der Waals surface area contributed by atoms with Gasteiger partial charge in [0.05, 0.1) is 16.8 Å². The Morgan fingerprint density at radius 2 is 1.46 bits per heavy atom. The number of fused-ring (bicyclic) bond motifs is 1. The van der Waals surface area contributed by atoms with Gasteiger partial charge in [-0.25, -0.2) is 0 Å². The molecule has 5 nitrogen and oxygen atoms in total. The van der Waals surface area contributed by atoms with Crippen molar-refractivity contribution in [1.29, 1.82) is 0 Å². The van der Waals surface area contributed by atoms with Gasteiger partial charge in [0, 0.05) is 37.1 Å². The number of piperazine rings is 1. The van der Waals surface area contributed by atoms with Gasteiger partial charge < -0.3 is 9.80 Å². The van der Waals surface area contributed by atoms with Gasteiger partial charge in [-0.1, -0.05) is 29.8 Å².